The summed E-state index contributed by atoms with van der Waals surface area (Å²) in [6, 6.07) is 6.28. The van der Waals surface area contributed by atoms with Crippen molar-refractivity contribution in [3.05, 3.63) is 41.7 Å². The molecule has 2 N–H and O–H groups in total. The first-order valence-corrected chi connectivity index (χ1v) is 8.51. The molecule has 21 heavy (non-hydrogen) atoms. The van der Waals surface area contributed by atoms with Crippen LogP contribution in [0.15, 0.2) is 30.3 Å². The smallest absolute Gasteiger partial charge is 0.264 e. The van der Waals surface area contributed by atoms with Gasteiger partial charge in [0, 0.05) is 6.04 Å². The predicted molar refractivity (Wildman–Crippen MR) is 83.1 cm³/mol. The molecule has 118 valence electrons. The van der Waals surface area contributed by atoms with Gasteiger partial charge in [-0.3, -0.25) is 4.55 Å². The van der Waals surface area contributed by atoms with Crippen molar-refractivity contribution in [1.82, 2.24) is 5.32 Å². The number of hydrogen-bond acceptors (Lipinski definition) is 3. The SMILES string of the molecule is CC(C)[C@@H](C=Cc1ccc(F)cc1)NCCCS(=O)(=O)O. The molecule has 0 aliphatic carbocycles. The van der Waals surface area contributed by atoms with Crippen LogP contribution in [0.25, 0.3) is 6.08 Å². The van der Waals surface area contributed by atoms with Crippen molar-refractivity contribution in [2.75, 3.05) is 12.3 Å². The highest BCUT2D eigenvalue weighted by Gasteiger charge is 2.10. The van der Waals surface area contributed by atoms with Gasteiger partial charge in [-0.05, 0) is 36.6 Å². The van der Waals surface area contributed by atoms with Crippen LogP contribution in [0.4, 0.5) is 4.39 Å². The molecule has 1 rings (SSSR count). The fourth-order valence-electron chi connectivity index (χ4n) is 1.84. The third-order valence-electron chi connectivity index (χ3n) is 3.04. The quantitative estimate of drug-likeness (QED) is 0.572. The lowest BCUT2D eigenvalue weighted by atomic mass is 10.0. The summed E-state index contributed by atoms with van der Waals surface area (Å²) in [6.45, 7) is 4.60. The summed E-state index contributed by atoms with van der Waals surface area (Å²) < 4.78 is 42.7. The molecular formula is C15H22FNO3S. The summed E-state index contributed by atoms with van der Waals surface area (Å²) in [4.78, 5) is 0. The van der Waals surface area contributed by atoms with Crippen LogP contribution >= 0.6 is 0 Å². The van der Waals surface area contributed by atoms with Gasteiger partial charge < -0.3 is 5.32 Å². The zero-order valence-electron chi connectivity index (χ0n) is 12.3. The van der Waals surface area contributed by atoms with Crippen LogP contribution in [0.5, 0.6) is 0 Å². The maximum atomic E-state index is 12.8. The van der Waals surface area contributed by atoms with Gasteiger partial charge in [-0.15, -0.1) is 0 Å². The van der Waals surface area contributed by atoms with Gasteiger partial charge in [-0.2, -0.15) is 8.42 Å². The van der Waals surface area contributed by atoms with Gasteiger partial charge in [0.1, 0.15) is 5.82 Å². The Kier molecular flexibility index (Phi) is 7.01. The summed E-state index contributed by atoms with van der Waals surface area (Å²) in [7, 11) is -3.90. The molecule has 1 aromatic rings. The molecule has 0 amide bonds. The molecule has 1 atom stereocenters. The molecule has 6 heteroatoms. The molecule has 1 aromatic carbocycles. The minimum atomic E-state index is -3.90. The average Bonchev–Trinajstić information content (AvgIpc) is 2.38. The Hall–Kier alpha value is -1.24. The molecule has 0 fully saturated rings. The van der Waals surface area contributed by atoms with E-state index in [1.807, 2.05) is 12.2 Å². The number of rotatable bonds is 8. The molecule has 0 spiro atoms. The predicted octanol–water partition coefficient (Wildman–Crippen LogP) is 2.73. The number of nitrogens with one attached hydrogen (secondary N) is 1. The van der Waals surface area contributed by atoms with Gasteiger partial charge in [0.25, 0.3) is 10.1 Å². The summed E-state index contributed by atoms with van der Waals surface area (Å²) in [5.41, 5.74) is 0.904. The van der Waals surface area contributed by atoms with Crippen LogP contribution in [0, 0.1) is 11.7 Å². The van der Waals surface area contributed by atoms with Crippen LogP contribution < -0.4 is 5.32 Å². The minimum absolute atomic E-state index is 0.0800. The first-order chi connectivity index (χ1) is 9.78. The van der Waals surface area contributed by atoms with Gasteiger partial charge in [0.15, 0.2) is 0 Å². The van der Waals surface area contributed by atoms with Gasteiger partial charge >= 0.3 is 0 Å². The molecule has 0 heterocycles. The second-order valence-electron chi connectivity index (χ2n) is 5.27. The van der Waals surface area contributed by atoms with E-state index in [1.54, 1.807) is 12.1 Å². The number of halogens is 1. The molecule has 0 aromatic heterocycles. The summed E-state index contributed by atoms with van der Waals surface area (Å²) in [6.07, 6.45) is 4.23. The third kappa shape index (κ3) is 7.94. The third-order valence-corrected chi connectivity index (χ3v) is 3.85. The number of hydrogen-bond donors (Lipinski definition) is 2. The molecule has 0 unspecified atom stereocenters. The van der Waals surface area contributed by atoms with Crippen molar-refractivity contribution in [3.8, 4) is 0 Å². The van der Waals surface area contributed by atoms with Crippen molar-refractivity contribution in [1.29, 1.82) is 0 Å². The van der Waals surface area contributed by atoms with E-state index in [2.05, 4.69) is 19.2 Å². The number of benzene rings is 1. The zero-order valence-corrected chi connectivity index (χ0v) is 13.1. The molecule has 0 aliphatic rings. The van der Waals surface area contributed by atoms with Gasteiger partial charge in [0.05, 0.1) is 5.75 Å². The highest BCUT2D eigenvalue weighted by atomic mass is 32.2. The summed E-state index contributed by atoms with van der Waals surface area (Å²) in [5.74, 6) is -0.185. The van der Waals surface area contributed by atoms with Crippen LogP contribution in [0.2, 0.25) is 0 Å². The standard InChI is InChI=1S/C15H22FNO3S/c1-12(2)15(17-10-3-11-21(18,19)20)9-6-13-4-7-14(16)8-5-13/h4-9,12,15,17H,3,10-11H2,1-2H3,(H,18,19,20)/t15-/m1/s1. The molecule has 0 bridgehead atoms. The highest BCUT2D eigenvalue weighted by molar-refractivity contribution is 7.85. The summed E-state index contributed by atoms with van der Waals surface area (Å²) in [5, 5.41) is 3.24. The Morgan fingerprint density at radius 2 is 1.90 bits per heavy atom. The lowest BCUT2D eigenvalue weighted by Gasteiger charge is -2.18. The first kappa shape index (κ1) is 17.8. The van der Waals surface area contributed by atoms with Crippen LogP contribution in [0.3, 0.4) is 0 Å². The topological polar surface area (TPSA) is 66.4 Å². The molecule has 0 saturated carbocycles. The largest absolute Gasteiger partial charge is 0.310 e. The van der Waals surface area contributed by atoms with Crippen LogP contribution in [0.1, 0.15) is 25.8 Å². The van der Waals surface area contributed by atoms with E-state index in [0.29, 0.717) is 18.9 Å². The summed E-state index contributed by atoms with van der Waals surface area (Å²) >= 11 is 0. The van der Waals surface area contributed by atoms with Crippen molar-refractivity contribution in [2.45, 2.75) is 26.3 Å². The molecule has 0 aliphatic heterocycles. The maximum absolute atomic E-state index is 12.8. The van der Waals surface area contributed by atoms with Crippen molar-refractivity contribution >= 4 is 16.2 Å². The Balaban J connectivity index is 2.51. The van der Waals surface area contributed by atoms with E-state index in [1.165, 1.54) is 12.1 Å². The Bertz CT molecular complexity index is 553. The normalized spacial score (nSPS) is 14.0. The van der Waals surface area contributed by atoms with Crippen molar-refractivity contribution in [2.24, 2.45) is 5.92 Å². The van der Waals surface area contributed by atoms with E-state index in [0.717, 1.165) is 5.56 Å². The van der Waals surface area contributed by atoms with E-state index in [-0.39, 0.29) is 17.6 Å². The van der Waals surface area contributed by atoms with Crippen LogP contribution in [-0.2, 0) is 10.1 Å². The second-order valence-corrected chi connectivity index (χ2v) is 6.85. The van der Waals surface area contributed by atoms with E-state index in [9.17, 15) is 12.8 Å². The van der Waals surface area contributed by atoms with Gasteiger partial charge in [-0.25, -0.2) is 4.39 Å². The molecule has 4 nitrogen and oxygen atoms in total. The van der Waals surface area contributed by atoms with E-state index >= 15 is 0 Å². The minimum Gasteiger partial charge on any atom is -0.310 e. The van der Waals surface area contributed by atoms with Crippen LogP contribution in [-0.4, -0.2) is 31.3 Å². The maximum Gasteiger partial charge on any atom is 0.264 e. The highest BCUT2D eigenvalue weighted by Crippen LogP contribution is 2.09. The lowest BCUT2D eigenvalue weighted by Crippen LogP contribution is -2.33. The Labute approximate surface area is 125 Å². The Morgan fingerprint density at radius 3 is 2.43 bits per heavy atom. The van der Waals surface area contributed by atoms with E-state index in [4.69, 9.17) is 4.55 Å². The fraction of sp³-hybridized carbons (Fsp3) is 0.467. The molecule has 0 radical (unpaired) electrons. The fourth-order valence-corrected chi connectivity index (χ4v) is 2.35. The van der Waals surface area contributed by atoms with Crippen molar-refractivity contribution in [3.63, 3.8) is 0 Å². The molecular weight excluding hydrogens is 293 g/mol. The Morgan fingerprint density at radius 1 is 1.29 bits per heavy atom. The average molecular weight is 315 g/mol. The first-order valence-electron chi connectivity index (χ1n) is 6.90. The lowest BCUT2D eigenvalue weighted by molar-refractivity contribution is 0.456. The molecule has 0 saturated heterocycles. The zero-order chi connectivity index (χ0) is 15.9. The van der Waals surface area contributed by atoms with E-state index < -0.39 is 10.1 Å². The monoisotopic (exact) mass is 315 g/mol. The second kappa shape index (κ2) is 8.26. The van der Waals surface area contributed by atoms with Gasteiger partial charge in [-0.1, -0.05) is 38.1 Å². The van der Waals surface area contributed by atoms with Crippen molar-refractivity contribution < 1.29 is 17.4 Å². The van der Waals surface area contributed by atoms with Gasteiger partial charge in [0.2, 0.25) is 0 Å².